The molecule has 0 aliphatic heterocycles. The Hall–Kier alpha value is -0.490. The maximum Gasteiger partial charge on any atom is 0.480 e. The Morgan fingerprint density at radius 1 is 1.27 bits per heavy atom. The number of nitrogens with zero attached hydrogens (tertiary/aromatic N) is 1. The maximum atomic E-state index is 11.8. The lowest BCUT2D eigenvalue weighted by Crippen LogP contribution is -2.33. The molecular weight excluding hydrogens is 225 g/mol. The number of hydrogen-bond donors (Lipinski definition) is 0. The van der Waals surface area contributed by atoms with E-state index < -0.39 is 18.5 Å². The van der Waals surface area contributed by atoms with Gasteiger partial charge in [-0.3, -0.25) is 19.2 Å². The van der Waals surface area contributed by atoms with Gasteiger partial charge in [0.2, 0.25) is 0 Å². The molecule has 0 N–H and O–H groups in total. The van der Waals surface area contributed by atoms with Gasteiger partial charge in [-0.25, -0.2) is 9.09 Å². The minimum absolute atomic E-state index is 0.0884. The summed E-state index contributed by atoms with van der Waals surface area (Å²) < 4.78 is 26.1. The summed E-state index contributed by atoms with van der Waals surface area (Å²) in [5.41, 5.74) is -1.81. The molecule has 0 aliphatic carbocycles. The van der Waals surface area contributed by atoms with Gasteiger partial charge in [0.25, 0.3) is 0 Å². The Kier molecular flexibility index (Phi) is 5.37. The Morgan fingerprint density at radius 2 is 1.67 bits per heavy atom. The van der Waals surface area contributed by atoms with Crippen molar-refractivity contribution < 1.29 is 23.1 Å². The molecule has 15 heavy (non-hydrogen) atoms. The van der Waals surface area contributed by atoms with Crippen LogP contribution in [0.4, 0.5) is 0 Å². The highest BCUT2D eigenvalue weighted by Gasteiger charge is 2.42. The average molecular weight is 241 g/mol. The Labute approximate surface area is 88.5 Å². The first-order valence-corrected chi connectivity index (χ1v) is 5.98. The van der Waals surface area contributed by atoms with E-state index in [-0.39, 0.29) is 13.2 Å². The van der Waals surface area contributed by atoms with Gasteiger partial charge in [-0.2, -0.15) is 0 Å². The van der Waals surface area contributed by atoms with Crippen LogP contribution in [-0.2, 0) is 18.1 Å². The van der Waals surface area contributed by atoms with E-state index in [0.717, 1.165) is 0 Å². The maximum absolute atomic E-state index is 11.8. The number of phosphoric ester groups is 1. The molecule has 0 aliphatic rings. The fourth-order valence-corrected chi connectivity index (χ4v) is 2.14. The first-order valence-electron chi connectivity index (χ1n) is 4.51. The molecule has 0 aromatic heterocycles. The Bertz CT molecular complexity index is 256. The molecule has 8 heteroatoms. The largest absolute Gasteiger partial charge is 0.480 e. The van der Waals surface area contributed by atoms with Crippen molar-refractivity contribution in [2.45, 2.75) is 33.4 Å². The van der Waals surface area contributed by atoms with Crippen LogP contribution >= 0.6 is 7.82 Å². The molecule has 0 saturated heterocycles. The minimum atomic E-state index is -3.84. The molecule has 0 heterocycles. The third-order valence-corrected chi connectivity index (χ3v) is 3.17. The molecule has 7 nitrogen and oxygen atoms in total. The lowest BCUT2D eigenvalue weighted by atomic mass is 10.3. The molecule has 90 valence electrons. The molecule has 0 aromatic rings. The van der Waals surface area contributed by atoms with Crippen molar-refractivity contribution in [3.8, 4) is 0 Å². The zero-order valence-corrected chi connectivity index (χ0v) is 10.2. The fourth-order valence-electron chi connectivity index (χ4n) is 0.713. The normalized spacial score (nSPS) is 12.8. The van der Waals surface area contributed by atoms with Crippen molar-refractivity contribution >= 4 is 7.82 Å². The van der Waals surface area contributed by atoms with Crippen LogP contribution in [0.3, 0.4) is 0 Å². The van der Waals surface area contributed by atoms with Crippen molar-refractivity contribution in [3.63, 3.8) is 0 Å². The van der Waals surface area contributed by atoms with Crippen LogP contribution in [0.15, 0.2) is 0 Å². The molecule has 0 atom stereocenters. The van der Waals surface area contributed by atoms with E-state index in [1.54, 1.807) is 13.8 Å². The van der Waals surface area contributed by atoms with Gasteiger partial charge in [-0.05, 0) is 13.8 Å². The van der Waals surface area contributed by atoms with Crippen LogP contribution in [-0.4, -0.2) is 23.9 Å². The monoisotopic (exact) mass is 241 g/mol. The average Bonchev–Trinajstić information content (AvgIpc) is 2.02. The number of rotatable bonds is 7. The van der Waals surface area contributed by atoms with Crippen LogP contribution in [0.5, 0.6) is 0 Å². The summed E-state index contributed by atoms with van der Waals surface area (Å²) in [6.45, 7) is 5.72. The zero-order chi connectivity index (χ0) is 12.1. The summed E-state index contributed by atoms with van der Waals surface area (Å²) in [7, 11) is -3.84. The highest BCUT2D eigenvalue weighted by molar-refractivity contribution is 7.48. The molecule has 0 amide bonds. The van der Waals surface area contributed by atoms with Gasteiger partial charge in [0.1, 0.15) is 0 Å². The van der Waals surface area contributed by atoms with Crippen molar-refractivity contribution in [2.75, 3.05) is 13.2 Å². The van der Waals surface area contributed by atoms with Gasteiger partial charge in [0, 0.05) is 13.8 Å². The second-order valence-electron chi connectivity index (χ2n) is 3.08. The van der Waals surface area contributed by atoms with Gasteiger partial charge >= 0.3 is 13.5 Å². The molecule has 0 unspecified atom stereocenters. The SMILES string of the molecule is CCOP(=O)(OCC)OC(C)(C)[N+](=O)[O-]. The first kappa shape index (κ1) is 14.5. The van der Waals surface area contributed by atoms with Crippen LogP contribution in [0.1, 0.15) is 27.7 Å². The molecule has 0 bridgehead atoms. The second kappa shape index (κ2) is 5.55. The third kappa shape index (κ3) is 4.70. The van der Waals surface area contributed by atoms with Gasteiger partial charge in [-0.15, -0.1) is 0 Å². The zero-order valence-electron chi connectivity index (χ0n) is 9.26. The third-order valence-electron chi connectivity index (χ3n) is 1.35. The number of phosphoric acid groups is 1. The second-order valence-corrected chi connectivity index (χ2v) is 4.67. The van der Waals surface area contributed by atoms with Crippen molar-refractivity contribution in [2.24, 2.45) is 0 Å². The predicted octanol–water partition coefficient (Wildman–Crippen LogP) is 2.20. The van der Waals surface area contributed by atoms with Gasteiger partial charge < -0.3 is 0 Å². The Morgan fingerprint density at radius 3 is 1.93 bits per heavy atom. The quantitative estimate of drug-likeness (QED) is 0.294. The van der Waals surface area contributed by atoms with Crippen LogP contribution < -0.4 is 0 Å². The standard InChI is InChI=1S/C7H16NO6P/c1-5-12-15(11,13-6-2)14-7(3,4)8(9)10/h5-6H2,1-4H3. The Balaban J connectivity index is 4.68. The van der Waals surface area contributed by atoms with Crippen molar-refractivity contribution in [3.05, 3.63) is 10.1 Å². The molecule has 0 aromatic carbocycles. The summed E-state index contributed by atoms with van der Waals surface area (Å²) in [6.07, 6.45) is 0. The van der Waals surface area contributed by atoms with E-state index in [1.165, 1.54) is 13.8 Å². The molecule has 0 radical (unpaired) electrons. The van der Waals surface area contributed by atoms with E-state index in [9.17, 15) is 14.7 Å². The minimum Gasteiger partial charge on any atom is -0.287 e. The van der Waals surface area contributed by atoms with Crippen LogP contribution in [0.25, 0.3) is 0 Å². The first-order chi connectivity index (χ1) is 6.77. The van der Waals surface area contributed by atoms with Gasteiger partial charge in [0.15, 0.2) is 0 Å². The lowest BCUT2D eigenvalue weighted by molar-refractivity contribution is -0.607. The van der Waals surface area contributed by atoms with E-state index in [2.05, 4.69) is 0 Å². The molecule has 0 rings (SSSR count). The van der Waals surface area contributed by atoms with Gasteiger partial charge in [-0.1, -0.05) is 0 Å². The highest BCUT2D eigenvalue weighted by atomic mass is 31.2. The topological polar surface area (TPSA) is 87.9 Å². The summed E-state index contributed by atoms with van der Waals surface area (Å²) in [4.78, 5) is 9.86. The van der Waals surface area contributed by atoms with E-state index >= 15 is 0 Å². The number of nitro groups is 1. The highest BCUT2D eigenvalue weighted by Crippen LogP contribution is 2.52. The van der Waals surface area contributed by atoms with E-state index in [0.29, 0.717) is 0 Å². The van der Waals surface area contributed by atoms with Gasteiger partial charge in [0.05, 0.1) is 18.1 Å². The summed E-state index contributed by atoms with van der Waals surface area (Å²) >= 11 is 0. The summed E-state index contributed by atoms with van der Waals surface area (Å²) in [6, 6.07) is 0. The molecular formula is C7H16NO6P. The van der Waals surface area contributed by atoms with E-state index in [4.69, 9.17) is 13.6 Å². The molecule has 0 fully saturated rings. The number of hydrogen-bond acceptors (Lipinski definition) is 6. The summed E-state index contributed by atoms with van der Waals surface area (Å²) in [5.74, 6) is 0. The summed E-state index contributed by atoms with van der Waals surface area (Å²) in [5, 5.41) is 10.6. The van der Waals surface area contributed by atoms with Crippen LogP contribution in [0.2, 0.25) is 0 Å². The predicted molar refractivity (Wildman–Crippen MR) is 53.0 cm³/mol. The van der Waals surface area contributed by atoms with E-state index in [1.807, 2.05) is 0 Å². The van der Waals surface area contributed by atoms with Crippen molar-refractivity contribution in [1.82, 2.24) is 0 Å². The molecule has 0 spiro atoms. The van der Waals surface area contributed by atoms with Crippen LogP contribution in [0, 0.1) is 10.1 Å². The molecule has 0 saturated carbocycles. The fraction of sp³-hybridized carbons (Fsp3) is 1.00. The van der Waals surface area contributed by atoms with Crippen molar-refractivity contribution in [1.29, 1.82) is 0 Å². The smallest absolute Gasteiger partial charge is 0.287 e. The lowest BCUT2D eigenvalue weighted by Gasteiger charge is -2.22.